The molecule has 23 heavy (non-hydrogen) atoms. The first-order chi connectivity index (χ1) is 11.2. The van der Waals surface area contributed by atoms with Crippen molar-refractivity contribution in [2.24, 2.45) is 7.11 Å². The monoisotopic (exact) mass is 304 g/mol. The molecule has 2 aliphatic heterocycles. The Kier molecular flexibility index (Phi) is 3.27. The smallest absolute Gasteiger partial charge is 0.250 e. The summed E-state index contributed by atoms with van der Waals surface area (Å²) in [5.41, 5.74) is 5.81. The molecule has 0 amide bonds. The molecule has 4 rings (SSSR count). The first-order valence-electron chi connectivity index (χ1n) is 7.62. The maximum Gasteiger partial charge on any atom is 0.250 e. The van der Waals surface area contributed by atoms with Gasteiger partial charge in [0, 0.05) is 17.4 Å². The van der Waals surface area contributed by atoms with E-state index < -0.39 is 0 Å². The van der Waals surface area contributed by atoms with Crippen LogP contribution in [0.4, 0.5) is 0 Å². The van der Waals surface area contributed by atoms with Crippen LogP contribution < -0.4 is 4.74 Å². The second-order valence-corrected chi connectivity index (χ2v) is 5.78. The Hall–Kier alpha value is -2.81. The van der Waals surface area contributed by atoms with Gasteiger partial charge in [-0.05, 0) is 23.8 Å². The highest BCUT2D eigenvalue weighted by Crippen LogP contribution is 2.36. The number of methoxy groups -OCH3 is 1. The van der Waals surface area contributed by atoms with Gasteiger partial charge in [-0.1, -0.05) is 30.3 Å². The van der Waals surface area contributed by atoms with E-state index >= 15 is 0 Å². The Morgan fingerprint density at radius 1 is 1.00 bits per heavy atom. The fourth-order valence-corrected chi connectivity index (χ4v) is 3.12. The number of aryl methyl sites for hydroxylation is 1. The van der Waals surface area contributed by atoms with Gasteiger partial charge < -0.3 is 8.78 Å². The molecular formula is C20H18NO2+. The van der Waals surface area contributed by atoms with Gasteiger partial charge in [0.15, 0.2) is 12.8 Å². The van der Waals surface area contributed by atoms with Gasteiger partial charge in [-0.25, -0.2) is 4.98 Å². The van der Waals surface area contributed by atoms with E-state index in [-0.39, 0.29) is 0 Å². The van der Waals surface area contributed by atoms with Crippen molar-refractivity contribution in [2.75, 3.05) is 7.11 Å². The molecule has 0 atom stereocenters. The zero-order valence-electron chi connectivity index (χ0n) is 13.2. The van der Waals surface area contributed by atoms with Crippen molar-refractivity contribution in [1.82, 2.24) is 4.98 Å². The number of ether oxygens (including phenoxy) is 1. The van der Waals surface area contributed by atoms with E-state index in [9.17, 15) is 0 Å². The van der Waals surface area contributed by atoms with Crippen LogP contribution in [0.25, 0.3) is 22.2 Å². The summed E-state index contributed by atoms with van der Waals surface area (Å²) >= 11 is 0. The Labute approximate surface area is 135 Å². The van der Waals surface area contributed by atoms with Gasteiger partial charge in [-0.2, -0.15) is 0 Å². The molecule has 0 saturated heterocycles. The molecule has 114 valence electrons. The second kappa shape index (κ2) is 5.43. The molecule has 0 bridgehead atoms. The van der Waals surface area contributed by atoms with Crippen molar-refractivity contribution in [3.8, 4) is 17.0 Å². The molecule has 0 radical (unpaired) electrons. The van der Waals surface area contributed by atoms with Crippen molar-refractivity contribution in [3.63, 3.8) is 0 Å². The van der Waals surface area contributed by atoms with Crippen molar-refractivity contribution in [2.45, 2.75) is 6.42 Å². The lowest BCUT2D eigenvalue weighted by Gasteiger charge is -2.09. The SMILES string of the molecule is COc1ccc(Cc2c[o+](C)cc3nc4ccccc4c2-3)cc1. The summed E-state index contributed by atoms with van der Waals surface area (Å²) in [4.78, 5) is 4.74. The highest BCUT2D eigenvalue weighted by molar-refractivity contribution is 5.98. The van der Waals surface area contributed by atoms with E-state index in [1.165, 1.54) is 22.1 Å². The molecule has 0 unspecified atom stereocenters. The quantitative estimate of drug-likeness (QED) is 0.510. The normalized spacial score (nSPS) is 11.2. The fourth-order valence-electron chi connectivity index (χ4n) is 3.12. The third-order valence-electron chi connectivity index (χ3n) is 4.17. The lowest BCUT2D eigenvalue weighted by atomic mass is 9.98. The van der Waals surface area contributed by atoms with Crippen LogP contribution in [-0.4, -0.2) is 12.1 Å². The minimum absolute atomic E-state index is 0.859. The molecule has 3 heteroatoms. The van der Waals surface area contributed by atoms with Crippen LogP contribution in [0.15, 0.2) is 65.1 Å². The third kappa shape index (κ3) is 2.44. The predicted molar refractivity (Wildman–Crippen MR) is 92.0 cm³/mol. The first-order valence-corrected chi connectivity index (χ1v) is 7.62. The Morgan fingerprint density at radius 3 is 2.57 bits per heavy atom. The van der Waals surface area contributed by atoms with Gasteiger partial charge in [-0.15, -0.1) is 0 Å². The van der Waals surface area contributed by atoms with Gasteiger partial charge >= 0.3 is 0 Å². The lowest BCUT2D eigenvalue weighted by Crippen LogP contribution is -1.94. The van der Waals surface area contributed by atoms with Crippen LogP contribution in [0, 0.1) is 0 Å². The molecule has 3 nitrogen and oxygen atoms in total. The average Bonchev–Trinajstić information content (AvgIpc) is 2.93. The zero-order valence-corrected chi connectivity index (χ0v) is 13.2. The molecule has 2 aromatic rings. The molecule has 0 aromatic heterocycles. The van der Waals surface area contributed by atoms with E-state index in [1.54, 1.807) is 7.11 Å². The van der Waals surface area contributed by atoms with Crippen LogP contribution in [0.2, 0.25) is 0 Å². The molecule has 2 heterocycles. The molecule has 0 spiro atoms. The molecule has 0 aliphatic carbocycles. The minimum Gasteiger partial charge on any atom is -0.546 e. The van der Waals surface area contributed by atoms with E-state index in [4.69, 9.17) is 9.72 Å². The fraction of sp³-hybridized carbons (Fsp3) is 0.150. The maximum absolute atomic E-state index is 5.24. The number of nitrogens with zero attached hydrogens (tertiary/aromatic N) is 1. The minimum atomic E-state index is 0.859. The summed E-state index contributed by atoms with van der Waals surface area (Å²) in [6.45, 7) is 0. The highest BCUT2D eigenvalue weighted by atomic mass is 16.5. The third-order valence-corrected chi connectivity index (χ3v) is 4.17. The van der Waals surface area contributed by atoms with Crippen molar-refractivity contribution in [3.05, 3.63) is 72.2 Å². The average molecular weight is 304 g/mol. The van der Waals surface area contributed by atoms with Crippen LogP contribution in [0.3, 0.4) is 0 Å². The zero-order chi connectivity index (χ0) is 15.8. The summed E-state index contributed by atoms with van der Waals surface area (Å²) in [6.07, 6.45) is 4.98. The summed E-state index contributed by atoms with van der Waals surface area (Å²) < 4.78 is 8.16. The summed E-state index contributed by atoms with van der Waals surface area (Å²) in [5, 5.41) is 1.22. The molecule has 2 aromatic carbocycles. The van der Waals surface area contributed by atoms with Gasteiger partial charge in [0.05, 0.1) is 18.2 Å². The molecule has 0 N–H and O–H groups in total. The molecule has 0 fully saturated rings. The second-order valence-electron chi connectivity index (χ2n) is 5.78. The predicted octanol–water partition coefficient (Wildman–Crippen LogP) is 4.76. The van der Waals surface area contributed by atoms with Crippen LogP contribution in [-0.2, 0) is 13.5 Å². The number of benzene rings is 2. The van der Waals surface area contributed by atoms with Gasteiger partial charge in [0.1, 0.15) is 5.75 Å². The topological polar surface area (TPSA) is 24.8 Å². The Bertz CT molecular complexity index is 938. The van der Waals surface area contributed by atoms with Crippen LogP contribution in [0.5, 0.6) is 5.75 Å². The van der Waals surface area contributed by atoms with E-state index in [1.807, 2.05) is 31.6 Å². The van der Waals surface area contributed by atoms with E-state index in [0.717, 1.165) is 23.4 Å². The molecule has 2 aliphatic rings. The number of hydrogen-bond donors (Lipinski definition) is 0. The lowest BCUT2D eigenvalue weighted by molar-refractivity contribution is 0.177. The largest absolute Gasteiger partial charge is 0.546 e. The number of fused-ring (bicyclic) bond motifs is 3. The van der Waals surface area contributed by atoms with Crippen molar-refractivity contribution in [1.29, 1.82) is 0 Å². The van der Waals surface area contributed by atoms with Gasteiger partial charge in [-0.3, -0.25) is 0 Å². The van der Waals surface area contributed by atoms with Crippen LogP contribution >= 0.6 is 0 Å². The van der Waals surface area contributed by atoms with Gasteiger partial charge in [0.25, 0.3) is 0 Å². The standard InChI is InChI=1S/C20H18NO2/c1-22-16-9-7-14(8-10-16)11-15-12-23(2)13-19-20(15)17-5-3-4-6-18(17)21-19/h3-10,12-13H,11H2,1-2H3/q+1. The maximum atomic E-state index is 5.24. The van der Waals surface area contributed by atoms with Crippen molar-refractivity contribution < 1.29 is 8.78 Å². The number of hydrogen-bond acceptors (Lipinski definition) is 2. The molecule has 0 saturated carbocycles. The summed E-state index contributed by atoms with van der Waals surface area (Å²) in [7, 11) is 3.66. The molecular weight excluding hydrogens is 286 g/mol. The summed E-state index contributed by atoms with van der Waals surface area (Å²) in [5.74, 6) is 0.882. The van der Waals surface area contributed by atoms with E-state index in [2.05, 4.69) is 40.6 Å². The Morgan fingerprint density at radius 2 is 1.78 bits per heavy atom. The number of para-hydroxylation sites is 1. The first kappa shape index (κ1) is 13.8. The van der Waals surface area contributed by atoms with Crippen LogP contribution in [0.1, 0.15) is 11.1 Å². The number of aromatic nitrogens is 1. The number of rotatable bonds is 3. The summed E-state index contributed by atoms with van der Waals surface area (Å²) in [6, 6.07) is 16.5. The van der Waals surface area contributed by atoms with Crippen molar-refractivity contribution >= 4 is 10.9 Å². The van der Waals surface area contributed by atoms with E-state index in [0.29, 0.717) is 0 Å². The highest BCUT2D eigenvalue weighted by Gasteiger charge is 2.20. The Balaban J connectivity index is 1.84. The van der Waals surface area contributed by atoms with Gasteiger partial charge in [0.2, 0.25) is 12.5 Å².